The Hall–Kier alpha value is -2.50. The van der Waals surface area contributed by atoms with E-state index in [9.17, 15) is 18.4 Å². The van der Waals surface area contributed by atoms with Gasteiger partial charge in [-0.25, -0.2) is 18.5 Å². The van der Waals surface area contributed by atoms with Gasteiger partial charge in [0.05, 0.1) is 6.04 Å². The van der Waals surface area contributed by atoms with Crippen molar-refractivity contribution in [2.75, 3.05) is 6.61 Å². The first-order chi connectivity index (χ1) is 11.5. The molecule has 4 nitrogen and oxygen atoms in total. The van der Waals surface area contributed by atoms with Crippen molar-refractivity contribution in [2.45, 2.75) is 31.7 Å². The number of rotatable bonds is 4. The largest absolute Gasteiger partial charge is 0.447 e. The summed E-state index contributed by atoms with van der Waals surface area (Å²) in [6, 6.07) is 2.76. The molecule has 1 aliphatic heterocycles. The van der Waals surface area contributed by atoms with Gasteiger partial charge >= 0.3 is 6.09 Å². The zero-order valence-corrected chi connectivity index (χ0v) is 13.0. The number of carbonyl (C=O) groups excluding carboxylic acids is 2. The van der Waals surface area contributed by atoms with Gasteiger partial charge in [0, 0.05) is 12.5 Å². The van der Waals surface area contributed by atoms with E-state index in [4.69, 9.17) is 4.74 Å². The molecule has 0 aromatic heterocycles. The molecule has 0 bridgehead atoms. The maximum atomic E-state index is 13.2. The van der Waals surface area contributed by atoms with Gasteiger partial charge in [0.15, 0.2) is 0 Å². The third-order valence-electron chi connectivity index (χ3n) is 4.17. The Morgan fingerprint density at radius 2 is 2.00 bits per heavy atom. The summed E-state index contributed by atoms with van der Waals surface area (Å²) in [7, 11) is 0. The molecule has 3 rings (SSSR count). The molecule has 1 aliphatic carbocycles. The zero-order valence-electron chi connectivity index (χ0n) is 13.0. The van der Waals surface area contributed by atoms with Crippen LogP contribution in [0.25, 0.3) is 0 Å². The summed E-state index contributed by atoms with van der Waals surface area (Å²) in [6.07, 6.45) is 6.94. The summed E-state index contributed by atoms with van der Waals surface area (Å²) in [5.74, 6) is -1.77. The summed E-state index contributed by atoms with van der Waals surface area (Å²) >= 11 is 0. The van der Waals surface area contributed by atoms with Crippen LogP contribution in [0.5, 0.6) is 0 Å². The van der Waals surface area contributed by atoms with Crippen molar-refractivity contribution in [1.29, 1.82) is 0 Å². The van der Waals surface area contributed by atoms with Crippen molar-refractivity contribution in [3.05, 3.63) is 59.2 Å². The fourth-order valence-electron chi connectivity index (χ4n) is 3.00. The van der Waals surface area contributed by atoms with Crippen molar-refractivity contribution in [3.63, 3.8) is 0 Å². The second kappa shape index (κ2) is 6.95. The van der Waals surface area contributed by atoms with Crippen LogP contribution < -0.4 is 0 Å². The predicted molar refractivity (Wildman–Crippen MR) is 83.1 cm³/mol. The number of nitrogens with zero attached hydrogens (tertiary/aromatic N) is 1. The van der Waals surface area contributed by atoms with E-state index in [2.05, 4.69) is 0 Å². The fraction of sp³-hybridized carbons (Fsp3) is 0.333. The highest BCUT2D eigenvalue weighted by Crippen LogP contribution is 2.26. The van der Waals surface area contributed by atoms with Crippen molar-refractivity contribution >= 4 is 12.0 Å². The first kappa shape index (κ1) is 16.4. The van der Waals surface area contributed by atoms with Crippen LogP contribution in [0, 0.1) is 11.6 Å². The van der Waals surface area contributed by atoms with Gasteiger partial charge in [0.1, 0.15) is 18.2 Å². The molecule has 1 atom stereocenters. The van der Waals surface area contributed by atoms with E-state index in [1.165, 1.54) is 12.1 Å². The standard InChI is InChI=1S/C18H17F2NO3/c19-14-8-12(9-15(20)10-14)6-7-17(22)21-16(11-24-18(21)23)13-4-2-1-3-5-13/h1-2,4,8-10,16H,3,5-7,11H2. The van der Waals surface area contributed by atoms with Crippen LogP contribution in [0.1, 0.15) is 24.8 Å². The summed E-state index contributed by atoms with van der Waals surface area (Å²) in [5.41, 5.74) is 1.36. The number of halogens is 2. The average Bonchev–Trinajstić information content (AvgIpc) is 2.94. The Kier molecular flexibility index (Phi) is 4.74. The minimum atomic E-state index is -0.685. The van der Waals surface area contributed by atoms with Gasteiger partial charge in [0.25, 0.3) is 0 Å². The predicted octanol–water partition coefficient (Wildman–Crippen LogP) is 3.52. The zero-order chi connectivity index (χ0) is 17.1. The summed E-state index contributed by atoms with van der Waals surface area (Å²) in [4.78, 5) is 25.5. The number of ether oxygens (including phenoxy) is 1. The minimum Gasteiger partial charge on any atom is -0.447 e. The molecular weight excluding hydrogens is 316 g/mol. The molecular formula is C18H17F2NO3. The first-order valence-corrected chi connectivity index (χ1v) is 7.84. The maximum absolute atomic E-state index is 13.2. The third kappa shape index (κ3) is 3.53. The van der Waals surface area contributed by atoms with Crippen LogP contribution in [-0.4, -0.2) is 29.5 Å². The van der Waals surface area contributed by atoms with Gasteiger partial charge in [-0.2, -0.15) is 0 Å². The van der Waals surface area contributed by atoms with E-state index >= 15 is 0 Å². The molecule has 0 spiro atoms. The first-order valence-electron chi connectivity index (χ1n) is 7.84. The molecule has 0 radical (unpaired) electrons. The van der Waals surface area contributed by atoms with Crippen LogP contribution in [0.15, 0.2) is 42.0 Å². The van der Waals surface area contributed by atoms with E-state index in [1.807, 2.05) is 18.2 Å². The van der Waals surface area contributed by atoms with Gasteiger partial charge in [-0.3, -0.25) is 4.79 Å². The lowest BCUT2D eigenvalue weighted by atomic mass is 9.97. The molecule has 6 heteroatoms. The number of benzene rings is 1. The fourth-order valence-corrected chi connectivity index (χ4v) is 3.00. The van der Waals surface area contributed by atoms with E-state index in [1.54, 1.807) is 0 Å². The molecule has 1 unspecified atom stereocenters. The van der Waals surface area contributed by atoms with Crippen LogP contribution in [0.2, 0.25) is 0 Å². The van der Waals surface area contributed by atoms with Crippen LogP contribution in [-0.2, 0) is 16.0 Å². The van der Waals surface area contributed by atoms with Gasteiger partial charge < -0.3 is 4.74 Å². The Bertz CT molecular complexity index is 707. The molecule has 126 valence electrons. The summed E-state index contributed by atoms with van der Waals surface area (Å²) in [6.45, 7) is 0.152. The lowest BCUT2D eigenvalue weighted by Crippen LogP contribution is -2.40. The lowest BCUT2D eigenvalue weighted by molar-refractivity contribution is -0.128. The number of hydrogen-bond acceptors (Lipinski definition) is 3. The van der Waals surface area contributed by atoms with Crippen LogP contribution >= 0.6 is 0 Å². The number of cyclic esters (lactones) is 1. The van der Waals surface area contributed by atoms with E-state index in [0.717, 1.165) is 29.4 Å². The van der Waals surface area contributed by atoms with Crippen molar-refractivity contribution < 1.29 is 23.1 Å². The van der Waals surface area contributed by atoms with Gasteiger partial charge in [0.2, 0.25) is 5.91 Å². The SMILES string of the molecule is O=C(CCc1cc(F)cc(F)c1)N1C(=O)OCC1C1=CC=CCC1. The Morgan fingerprint density at radius 3 is 2.67 bits per heavy atom. The second-order valence-corrected chi connectivity index (χ2v) is 5.84. The second-order valence-electron chi connectivity index (χ2n) is 5.84. The smallest absolute Gasteiger partial charge is 0.417 e. The highest BCUT2D eigenvalue weighted by Gasteiger charge is 2.39. The number of hydrogen-bond donors (Lipinski definition) is 0. The molecule has 1 aromatic rings. The minimum absolute atomic E-state index is 0.0163. The number of aryl methyl sites for hydroxylation is 1. The maximum Gasteiger partial charge on any atom is 0.417 e. The molecule has 0 N–H and O–H groups in total. The average molecular weight is 333 g/mol. The summed E-state index contributed by atoms with van der Waals surface area (Å²) in [5, 5.41) is 0. The number of amides is 2. The van der Waals surface area contributed by atoms with Crippen LogP contribution in [0.3, 0.4) is 0 Å². The highest BCUT2D eigenvalue weighted by atomic mass is 19.1. The molecule has 24 heavy (non-hydrogen) atoms. The molecule has 2 amide bonds. The number of allylic oxidation sites excluding steroid dienone is 3. The van der Waals surface area contributed by atoms with Crippen molar-refractivity contribution in [1.82, 2.24) is 4.90 Å². The van der Waals surface area contributed by atoms with Gasteiger partial charge in [-0.15, -0.1) is 0 Å². The van der Waals surface area contributed by atoms with E-state index in [-0.39, 0.29) is 25.5 Å². The Labute approximate surface area is 138 Å². The van der Waals surface area contributed by atoms with Crippen molar-refractivity contribution in [2.24, 2.45) is 0 Å². The normalized spacial score (nSPS) is 20.1. The van der Waals surface area contributed by atoms with Gasteiger partial charge in [-0.1, -0.05) is 18.2 Å². The monoisotopic (exact) mass is 333 g/mol. The number of imide groups is 1. The topological polar surface area (TPSA) is 46.6 Å². The molecule has 0 saturated carbocycles. The quantitative estimate of drug-likeness (QED) is 0.847. The Balaban J connectivity index is 1.69. The number of carbonyl (C=O) groups is 2. The van der Waals surface area contributed by atoms with E-state index in [0.29, 0.717) is 5.56 Å². The molecule has 1 aromatic carbocycles. The molecule has 2 aliphatic rings. The Morgan fingerprint density at radius 1 is 1.25 bits per heavy atom. The molecule has 1 heterocycles. The molecule has 1 fully saturated rings. The van der Waals surface area contributed by atoms with Gasteiger partial charge in [-0.05, 0) is 42.5 Å². The lowest BCUT2D eigenvalue weighted by Gasteiger charge is -2.23. The van der Waals surface area contributed by atoms with Crippen LogP contribution in [0.4, 0.5) is 13.6 Å². The van der Waals surface area contributed by atoms with Crippen molar-refractivity contribution in [3.8, 4) is 0 Å². The summed E-state index contributed by atoms with van der Waals surface area (Å²) < 4.78 is 31.4. The third-order valence-corrected chi connectivity index (χ3v) is 4.17. The molecule has 1 saturated heterocycles. The van der Waals surface area contributed by atoms with E-state index < -0.39 is 23.6 Å². The highest BCUT2D eigenvalue weighted by molar-refractivity contribution is 5.94.